The molecule has 0 saturated carbocycles. The minimum Gasteiger partial charge on any atom is -0.480 e. The van der Waals surface area contributed by atoms with Crippen LogP contribution in [-0.4, -0.2) is 46.6 Å². The predicted octanol–water partition coefficient (Wildman–Crippen LogP) is 1.61. The van der Waals surface area contributed by atoms with Gasteiger partial charge in [-0.25, -0.2) is 9.78 Å². The van der Waals surface area contributed by atoms with E-state index >= 15 is 0 Å². The van der Waals surface area contributed by atoms with Gasteiger partial charge in [-0.3, -0.25) is 4.79 Å². The van der Waals surface area contributed by atoms with E-state index in [1.54, 1.807) is 12.3 Å². The van der Waals surface area contributed by atoms with E-state index in [0.29, 0.717) is 24.6 Å². The van der Waals surface area contributed by atoms with Crippen LogP contribution < -0.4 is 0 Å². The lowest BCUT2D eigenvalue weighted by Crippen LogP contribution is -2.42. The van der Waals surface area contributed by atoms with Crippen LogP contribution in [0.1, 0.15) is 35.8 Å². The number of rotatable bonds is 7. The molecule has 0 saturated heterocycles. The highest BCUT2D eigenvalue weighted by Gasteiger charge is 2.26. The summed E-state index contributed by atoms with van der Waals surface area (Å²) in [6.07, 6.45) is 0.355. The Balaban J connectivity index is 2.76. The fourth-order valence-corrected chi connectivity index (χ4v) is 2.30. The van der Waals surface area contributed by atoms with Gasteiger partial charge < -0.3 is 14.7 Å². The Kier molecular flexibility index (Phi) is 5.91. The molecule has 6 nitrogen and oxygen atoms in total. The quantitative estimate of drug-likeness (QED) is 0.823. The standard InChI is InChI=1S/C12H18N2O4S/c1-4-9(12(16)17)14(3)11(15)8-7-19-10(13-8)6-18-5-2/h7,9H,4-6H2,1-3H3,(H,16,17)/t9-/m0/s1. The normalized spacial score (nSPS) is 12.2. The van der Waals surface area contributed by atoms with Crippen LogP contribution in [0.25, 0.3) is 0 Å². The van der Waals surface area contributed by atoms with Crippen LogP contribution in [0.4, 0.5) is 0 Å². The second-order valence-corrected chi connectivity index (χ2v) is 4.88. The minimum atomic E-state index is -1.01. The largest absolute Gasteiger partial charge is 0.480 e. The number of hydrogen-bond acceptors (Lipinski definition) is 5. The Morgan fingerprint density at radius 3 is 2.74 bits per heavy atom. The molecule has 1 rings (SSSR count). The van der Waals surface area contributed by atoms with Crippen LogP contribution in [0, 0.1) is 0 Å². The lowest BCUT2D eigenvalue weighted by molar-refractivity contribution is -0.142. The zero-order valence-corrected chi connectivity index (χ0v) is 12.1. The third kappa shape index (κ3) is 4.00. The summed E-state index contributed by atoms with van der Waals surface area (Å²) in [5.41, 5.74) is 0.266. The van der Waals surface area contributed by atoms with Gasteiger partial charge in [-0.2, -0.15) is 0 Å². The molecule has 0 aromatic carbocycles. The van der Waals surface area contributed by atoms with Crippen LogP contribution in [0.15, 0.2) is 5.38 Å². The molecule has 0 aliphatic rings. The monoisotopic (exact) mass is 286 g/mol. The molecule has 1 amide bonds. The Hall–Kier alpha value is -1.47. The molecule has 0 aliphatic carbocycles. The summed E-state index contributed by atoms with van der Waals surface area (Å²) >= 11 is 1.33. The maximum atomic E-state index is 12.1. The molecule has 1 heterocycles. The van der Waals surface area contributed by atoms with Crippen molar-refractivity contribution in [2.24, 2.45) is 0 Å². The van der Waals surface area contributed by atoms with Crippen molar-refractivity contribution >= 4 is 23.2 Å². The number of aliphatic carboxylic acids is 1. The maximum absolute atomic E-state index is 12.1. The van der Waals surface area contributed by atoms with Crippen molar-refractivity contribution in [3.63, 3.8) is 0 Å². The highest BCUT2D eigenvalue weighted by Crippen LogP contribution is 2.14. The summed E-state index contributed by atoms with van der Waals surface area (Å²) in [5, 5.41) is 11.4. The second-order valence-electron chi connectivity index (χ2n) is 3.94. The molecule has 106 valence electrons. The zero-order valence-electron chi connectivity index (χ0n) is 11.3. The molecule has 7 heteroatoms. The van der Waals surface area contributed by atoms with Crippen molar-refractivity contribution in [2.75, 3.05) is 13.7 Å². The van der Waals surface area contributed by atoms with Crippen LogP contribution in [-0.2, 0) is 16.1 Å². The summed E-state index contributed by atoms with van der Waals surface area (Å²) in [6, 6.07) is -0.829. The fraction of sp³-hybridized carbons (Fsp3) is 0.583. The van der Waals surface area contributed by atoms with Crippen molar-refractivity contribution in [1.82, 2.24) is 9.88 Å². The molecule has 1 N–H and O–H groups in total. The van der Waals surface area contributed by atoms with Crippen molar-refractivity contribution in [2.45, 2.75) is 32.9 Å². The second kappa shape index (κ2) is 7.20. The number of hydrogen-bond donors (Lipinski definition) is 1. The van der Waals surface area contributed by atoms with Crippen molar-refractivity contribution in [3.05, 3.63) is 16.1 Å². The molecular formula is C12H18N2O4S. The van der Waals surface area contributed by atoms with Crippen LogP contribution in [0.2, 0.25) is 0 Å². The first kappa shape index (κ1) is 15.6. The molecule has 1 aromatic rings. The van der Waals surface area contributed by atoms with E-state index in [-0.39, 0.29) is 11.6 Å². The van der Waals surface area contributed by atoms with E-state index in [4.69, 9.17) is 9.84 Å². The Labute approximate surface area is 116 Å². The van der Waals surface area contributed by atoms with Gasteiger partial charge in [0, 0.05) is 19.0 Å². The van der Waals surface area contributed by atoms with E-state index in [9.17, 15) is 9.59 Å². The van der Waals surface area contributed by atoms with Gasteiger partial charge in [-0.1, -0.05) is 6.92 Å². The van der Waals surface area contributed by atoms with E-state index in [0.717, 1.165) is 0 Å². The number of aromatic nitrogens is 1. The molecule has 1 atom stereocenters. The number of ether oxygens (including phenoxy) is 1. The third-order valence-corrected chi connectivity index (χ3v) is 3.48. The zero-order chi connectivity index (χ0) is 14.4. The van der Waals surface area contributed by atoms with Gasteiger partial charge in [0.25, 0.3) is 5.91 Å². The summed E-state index contributed by atoms with van der Waals surface area (Å²) in [7, 11) is 1.48. The average Bonchev–Trinajstić information content (AvgIpc) is 2.84. The van der Waals surface area contributed by atoms with Crippen LogP contribution in [0.3, 0.4) is 0 Å². The number of carboxylic acids is 1. The number of carbonyl (C=O) groups is 2. The first-order valence-electron chi connectivity index (χ1n) is 6.03. The van der Waals surface area contributed by atoms with Gasteiger partial charge in [-0.05, 0) is 13.3 Å². The smallest absolute Gasteiger partial charge is 0.326 e. The van der Waals surface area contributed by atoms with Gasteiger partial charge >= 0.3 is 5.97 Å². The first-order valence-corrected chi connectivity index (χ1v) is 6.91. The number of amides is 1. The van der Waals surface area contributed by atoms with Gasteiger partial charge in [0.15, 0.2) is 0 Å². The molecule has 0 spiro atoms. The molecule has 1 aromatic heterocycles. The Bertz CT molecular complexity index is 447. The molecule has 0 fully saturated rings. The van der Waals surface area contributed by atoms with Gasteiger partial charge in [0.1, 0.15) is 16.7 Å². The van der Waals surface area contributed by atoms with Crippen molar-refractivity contribution in [1.29, 1.82) is 0 Å². The molecule has 19 heavy (non-hydrogen) atoms. The predicted molar refractivity (Wildman–Crippen MR) is 71.3 cm³/mol. The highest BCUT2D eigenvalue weighted by atomic mass is 32.1. The van der Waals surface area contributed by atoms with Gasteiger partial charge in [0.05, 0.1) is 6.61 Å². The van der Waals surface area contributed by atoms with Crippen molar-refractivity contribution in [3.8, 4) is 0 Å². The minimum absolute atomic E-state index is 0.266. The first-order chi connectivity index (χ1) is 9.01. The number of thiazole rings is 1. The number of likely N-dealkylation sites (N-methyl/N-ethyl adjacent to an activating group) is 1. The summed E-state index contributed by atoms with van der Waals surface area (Å²) in [4.78, 5) is 28.5. The molecule has 0 aliphatic heterocycles. The fourth-order valence-electron chi connectivity index (χ4n) is 1.60. The maximum Gasteiger partial charge on any atom is 0.326 e. The van der Waals surface area contributed by atoms with Crippen molar-refractivity contribution < 1.29 is 19.4 Å². The van der Waals surface area contributed by atoms with Gasteiger partial charge in [-0.15, -0.1) is 11.3 Å². The third-order valence-electron chi connectivity index (χ3n) is 2.66. The van der Waals surface area contributed by atoms with E-state index in [2.05, 4.69) is 4.98 Å². The topological polar surface area (TPSA) is 79.7 Å². The summed E-state index contributed by atoms with van der Waals surface area (Å²) < 4.78 is 5.21. The van der Waals surface area contributed by atoms with E-state index in [1.165, 1.54) is 23.3 Å². The SMILES string of the molecule is CCOCc1nc(C(=O)N(C)[C@@H](CC)C(=O)O)cs1. The van der Waals surface area contributed by atoms with E-state index < -0.39 is 12.0 Å². The number of nitrogens with zero attached hydrogens (tertiary/aromatic N) is 2. The summed E-state index contributed by atoms with van der Waals surface area (Å²) in [6.45, 7) is 4.56. The number of carbonyl (C=O) groups excluding carboxylic acids is 1. The molecule has 0 radical (unpaired) electrons. The lowest BCUT2D eigenvalue weighted by atomic mass is 10.2. The Morgan fingerprint density at radius 2 is 2.21 bits per heavy atom. The average molecular weight is 286 g/mol. The van der Waals surface area contributed by atoms with Crippen LogP contribution >= 0.6 is 11.3 Å². The Morgan fingerprint density at radius 1 is 1.53 bits per heavy atom. The lowest BCUT2D eigenvalue weighted by Gasteiger charge is -2.22. The van der Waals surface area contributed by atoms with Crippen LogP contribution in [0.5, 0.6) is 0 Å². The van der Waals surface area contributed by atoms with Gasteiger partial charge in [0.2, 0.25) is 0 Å². The molecule has 0 bridgehead atoms. The summed E-state index contributed by atoms with van der Waals surface area (Å²) in [5.74, 6) is -1.39. The number of carboxylic acid groups (broad SMARTS) is 1. The highest BCUT2D eigenvalue weighted by molar-refractivity contribution is 7.09. The molecular weight excluding hydrogens is 268 g/mol. The molecule has 0 unspecified atom stereocenters. The van der Waals surface area contributed by atoms with E-state index in [1.807, 2.05) is 6.92 Å².